The molecule has 2 heterocycles. The van der Waals surface area contributed by atoms with Crippen LogP contribution < -0.4 is 11.2 Å². The number of nitrogens with zero attached hydrogens (tertiary/aromatic N) is 1. The third kappa shape index (κ3) is 2.74. The monoisotopic (exact) mass is 277 g/mol. The van der Waals surface area contributed by atoms with E-state index >= 15 is 0 Å². The number of nitrogens with one attached hydrogen (secondary N) is 2. The van der Waals surface area contributed by atoms with Gasteiger partial charge in [-0.1, -0.05) is 0 Å². The molecule has 20 heavy (non-hydrogen) atoms. The number of aromatic hydroxyl groups is 1. The van der Waals surface area contributed by atoms with E-state index in [2.05, 4.69) is 4.99 Å². The number of H-pyrrole nitrogens is 2. The lowest BCUT2D eigenvalue weighted by Crippen LogP contribution is -2.23. The van der Waals surface area contributed by atoms with Crippen molar-refractivity contribution in [3.63, 3.8) is 0 Å². The van der Waals surface area contributed by atoms with Crippen LogP contribution >= 0.6 is 0 Å². The van der Waals surface area contributed by atoms with Crippen LogP contribution in [0.25, 0.3) is 6.08 Å². The van der Waals surface area contributed by atoms with Gasteiger partial charge < -0.3 is 9.84 Å². The van der Waals surface area contributed by atoms with Crippen molar-refractivity contribution in [3.05, 3.63) is 44.3 Å². The van der Waals surface area contributed by atoms with Crippen molar-refractivity contribution in [1.29, 1.82) is 0 Å². The van der Waals surface area contributed by atoms with Gasteiger partial charge in [-0.2, -0.15) is 0 Å². The fraction of sp³-hybridized carbons (Fsp3) is 0.167. The number of hydrogen-bond acceptors (Lipinski definition) is 6. The maximum absolute atomic E-state index is 11.5. The Morgan fingerprint density at radius 2 is 2.15 bits per heavy atom. The molecule has 3 N–H and O–H groups in total. The first-order chi connectivity index (χ1) is 9.51. The molecular formula is C12H11N3O5. The SMILES string of the molecule is CCOC(=O)C1=N/C(=C/c2c(O)[nH]c(=O)[nH]c2=O)C=C1. The topological polar surface area (TPSA) is 125 Å². The second-order valence-corrected chi connectivity index (χ2v) is 3.79. The lowest BCUT2D eigenvalue weighted by molar-refractivity contribution is -0.134. The average Bonchev–Trinajstić information content (AvgIpc) is 2.82. The van der Waals surface area contributed by atoms with Crippen LogP contribution in [0.3, 0.4) is 0 Å². The maximum Gasteiger partial charge on any atom is 0.356 e. The van der Waals surface area contributed by atoms with E-state index in [-0.39, 0.29) is 23.6 Å². The van der Waals surface area contributed by atoms with Crippen molar-refractivity contribution in [3.8, 4) is 5.88 Å². The fourth-order valence-electron chi connectivity index (χ4n) is 1.54. The summed E-state index contributed by atoms with van der Waals surface area (Å²) in [6, 6.07) is 0. The van der Waals surface area contributed by atoms with Crippen LogP contribution in [-0.2, 0) is 9.53 Å². The Hall–Kier alpha value is -2.90. The number of rotatable bonds is 3. The summed E-state index contributed by atoms with van der Waals surface area (Å²) in [7, 11) is 0. The third-order valence-corrected chi connectivity index (χ3v) is 2.40. The first-order valence-corrected chi connectivity index (χ1v) is 5.72. The Balaban J connectivity index is 2.36. The van der Waals surface area contributed by atoms with Crippen molar-refractivity contribution in [2.24, 2.45) is 4.99 Å². The van der Waals surface area contributed by atoms with E-state index in [4.69, 9.17) is 4.74 Å². The highest BCUT2D eigenvalue weighted by atomic mass is 16.5. The van der Waals surface area contributed by atoms with Crippen molar-refractivity contribution in [2.75, 3.05) is 6.61 Å². The number of allylic oxidation sites excluding steroid dienone is 1. The standard InChI is InChI=1S/C12H11N3O5/c1-2-20-11(18)8-4-3-6(13-8)5-7-9(16)14-12(19)15-10(7)17/h3-5H,2H2,1H3,(H3,14,15,16,17,19)/b6-5+. The van der Waals surface area contributed by atoms with E-state index in [0.29, 0.717) is 0 Å². The highest BCUT2D eigenvalue weighted by molar-refractivity contribution is 6.42. The van der Waals surface area contributed by atoms with Gasteiger partial charge in [-0.15, -0.1) is 0 Å². The smallest absolute Gasteiger partial charge is 0.356 e. The first kappa shape index (κ1) is 13.5. The molecule has 1 aliphatic rings. The second-order valence-electron chi connectivity index (χ2n) is 3.79. The molecule has 0 saturated heterocycles. The molecule has 1 aliphatic heterocycles. The number of esters is 1. The predicted molar refractivity (Wildman–Crippen MR) is 70.5 cm³/mol. The average molecular weight is 277 g/mol. The van der Waals surface area contributed by atoms with Crippen molar-refractivity contribution < 1.29 is 14.6 Å². The Kier molecular flexibility index (Phi) is 3.65. The van der Waals surface area contributed by atoms with Crippen LogP contribution in [0.2, 0.25) is 0 Å². The van der Waals surface area contributed by atoms with E-state index in [1.165, 1.54) is 18.2 Å². The van der Waals surface area contributed by atoms with Crippen LogP contribution in [0.5, 0.6) is 5.88 Å². The van der Waals surface area contributed by atoms with Gasteiger partial charge in [0.15, 0.2) is 0 Å². The third-order valence-electron chi connectivity index (χ3n) is 2.40. The molecule has 0 saturated carbocycles. The van der Waals surface area contributed by atoms with Gasteiger partial charge in [-0.25, -0.2) is 14.6 Å². The molecule has 0 aromatic carbocycles. The van der Waals surface area contributed by atoms with Gasteiger partial charge in [0.25, 0.3) is 5.56 Å². The summed E-state index contributed by atoms with van der Waals surface area (Å²) in [5.41, 5.74) is -1.35. The molecule has 104 valence electrons. The molecule has 0 unspecified atom stereocenters. The molecular weight excluding hydrogens is 266 g/mol. The minimum atomic E-state index is -0.813. The molecule has 8 heteroatoms. The summed E-state index contributed by atoms with van der Waals surface area (Å²) in [6.07, 6.45) is 4.16. The van der Waals surface area contributed by atoms with Crippen LogP contribution in [0.4, 0.5) is 0 Å². The summed E-state index contributed by atoms with van der Waals surface area (Å²) < 4.78 is 4.77. The zero-order valence-corrected chi connectivity index (χ0v) is 10.5. The predicted octanol–water partition coefficient (Wildman–Crippen LogP) is -0.316. The zero-order valence-electron chi connectivity index (χ0n) is 10.5. The first-order valence-electron chi connectivity index (χ1n) is 5.72. The van der Waals surface area contributed by atoms with Crippen LogP contribution in [0.1, 0.15) is 12.5 Å². The van der Waals surface area contributed by atoms with Crippen LogP contribution in [0, 0.1) is 0 Å². The summed E-state index contributed by atoms with van der Waals surface area (Å²) in [5, 5.41) is 9.51. The second kappa shape index (κ2) is 5.39. The van der Waals surface area contributed by atoms with Gasteiger partial charge in [-0.05, 0) is 25.2 Å². The van der Waals surface area contributed by atoms with Gasteiger partial charge in [0.1, 0.15) is 11.3 Å². The molecule has 0 radical (unpaired) electrons. The van der Waals surface area contributed by atoms with Crippen LogP contribution in [-0.4, -0.2) is 33.4 Å². The van der Waals surface area contributed by atoms with Gasteiger partial charge >= 0.3 is 11.7 Å². The zero-order chi connectivity index (χ0) is 14.7. The van der Waals surface area contributed by atoms with E-state index in [1.54, 1.807) is 6.92 Å². The molecule has 1 aromatic rings. The molecule has 8 nitrogen and oxygen atoms in total. The van der Waals surface area contributed by atoms with E-state index in [0.717, 1.165) is 0 Å². The quantitative estimate of drug-likeness (QED) is 0.653. The molecule has 2 rings (SSSR count). The van der Waals surface area contributed by atoms with E-state index in [1.807, 2.05) is 9.97 Å². The summed E-state index contributed by atoms with van der Waals surface area (Å²) in [6.45, 7) is 1.90. The molecule has 1 aromatic heterocycles. The Bertz CT molecular complexity index is 751. The minimum absolute atomic E-state index is 0.0958. The molecule has 0 atom stereocenters. The number of aromatic amines is 2. The highest BCUT2D eigenvalue weighted by Gasteiger charge is 2.15. The number of ether oxygens (including phenoxy) is 1. The van der Waals surface area contributed by atoms with Gasteiger partial charge in [0.05, 0.1) is 12.3 Å². The lowest BCUT2D eigenvalue weighted by atomic mass is 10.2. The van der Waals surface area contributed by atoms with Gasteiger partial charge in [0, 0.05) is 0 Å². The molecule has 0 aliphatic carbocycles. The van der Waals surface area contributed by atoms with Crippen molar-refractivity contribution in [1.82, 2.24) is 9.97 Å². The normalized spacial score (nSPS) is 15.4. The molecule has 0 spiro atoms. The molecule has 0 bridgehead atoms. The Labute approximate surface area is 112 Å². The lowest BCUT2D eigenvalue weighted by Gasteiger charge is -1.98. The number of carbonyl (C=O) groups excluding carboxylic acids is 1. The number of hydrogen-bond donors (Lipinski definition) is 3. The molecule has 0 amide bonds. The highest BCUT2D eigenvalue weighted by Crippen LogP contribution is 2.16. The summed E-state index contributed by atoms with van der Waals surface area (Å²) >= 11 is 0. The molecule has 0 fully saturated rings. The van der Waals surface area contributed by atoms with Crippen molar-refractivity contribution >= 4 is 17.8 Å². The minimum Gasteiger partial charge on any atom is -0.494 e. The Morgan fingerprint density at radius 3 is 2.80 bits per heavy atom. The number of aromatic nitrogens is 2. The van der Waals surface area contributed by atoms with Crippen LogP contribution in [0.15, 0.2) is 32.4 Å². The van der Waals surface area contributed by atoms with E-state index in [9.17, 15) is 19.5 Å². The van der Waals surface area contributed by atoms with E-state index < -0.39 is 23.1 Å². The largest absolute Gasteiger partial charge is 0.494 e. The van der Waals surface area contributed by atoms with Gasteiger partial charge in [-0.3, -0.25) is 14.8 Å². The summed E-state index contributed by atoms with van der Waals surface area (Å²) in [5.74, 6) is -1.15. The number of aliphatic imine (C=N–C) groups is 1. The maximum atomic E-state index is 11.5. The fourth-order valence-corrected chi connectivity index (χ4v) is 1.54. The van der Waals surface area contributed by atoms with Crippen molar-refractivity contribution in [2.45, 2.75) is 6.92 Å². The van der Waals surface area contributed by atoms with Gasteiger partial charge in [0.2, 0.25) is 5.88 Å². The summed E-state index contributed by atoms with van der Waals surface area (Å²) in [4.78, 5) is 41.8. The number of carbonyl (C=O) groups is 1. The Morgan fingerprint density at radius 1 is 1.40 bits per heavy atom.